The molecule has 0 amide bonds. The smallest absolute Gasteiger partial charge is 0.0456 e. The van der Waals surface area contributed by atoms with E-state index in [9.17, 15) is 0 Å². The van der Waals surface area contributed by atoms with Crippen LogP contribution in [0.1, 0.15) is 11.4 Å². The molecule has 0 saturated carbocycles. The van der Waals surface area contributed by atoms with Crippen LogP contribution >= 0.6 is 12.4 Å². The topological polar surface area (TPSA) is 30.9 Å². The molecule has 1 aromatic heterocycles. The molecular weight excluding hydrogens is 208 g/mol. The van der Waals surface area contributed by atoms with Gasteiger partial charge in [-0.2, -0.15) is 0 Å². The summed E-state index contributed by atoms with van der Waals surface area (Å²) in [4.78, 5) is 0. The Bertz CT molecular complexity index is 424. The van der Waals surface area contributed by atoms with E-state index >= 15 is 0 Å². The number of nitrogen functional groups attached to an aromatic ring is 1. The standard InChI is InChI=1S/C12H14N2.ClH/c1-9-3-4-10(2)14(9)12-7-5-11(13)6-8-12;/h3-8H,13H2,1-2H3;1H. The zero-order chi connectivity index (χ0) is 10.1. The van der Waals surface area contributed by atoms with E-state index in [1.54, 1.807) is 0 Å². The van der Waals surface area contributed by atoms with E-state index in [4.69, 9.17) is 5.73 Å². The van der Waals surface area contributed by atoms with E-state index in [1.807, 2.05) is 24.3 Å². The van der Waals surface area contributed by atoms with E-state index < -0.39 is 0 Å². The SMILES string of the molecule is Cc1ccc(C)n1-c1ccc(N)cc1.Cl. The molecule has 1 heterocycles. The number of hydrogen-bond acceptors (Lipinski definition) is 1. The van der Waals surface area contributed by atoms with E-state index in [2.05, 4.69) is 30.5 Å². The fraction of sp³-hybridized carbons (Fsp3) is 0.167. The van der Waals surface area contributed by atoms with Gasteiger partial charge in [-0.1, -0.05) is 0 Å². The summed E-state index contributed by atoms with van der Waals surface area (Å²) in [5, 5.41) is 0. The number of aromatic nitrogens is 1. The maximum Gasteiger partial charge on any atom is 0.0456 e. The molecule has 15 heavy (non-hydrogen) atoms. The Balaban J connectivity index is 0.00000112. The van der Waals surface area contributed by atoms with Gasteiger partial charge in [0.05, 0.1) is 0 Å². The molecule has 0 atom stereocenters. The summed E-state index contributed by atoms with van der Waals surface area (Å²) in [5.74, 6) is 0. The van der Waals surface area contributed by atoms with Crippen LogP contribution in [-0.2, 0) is 0 Å². The van der Waals surface area contributed by atoms with Gasteiger partial charge < -0.3 is 10.3 Å². The van der Waals surface area contributed by atoms with Gasteiger partial charge >= 0.3 is 0 Å². The average molecular weight is 223 g/mol. The molecule has 1 aromatic carbocycles. The zero-order valence-electron chi connectivity index (χ0n) is 8.90. The van der Waals surface area contributed by atoms with E-state index in [-0.39, 0.29) is 12.4 Å². The van der Waals surface area contributed by atoms with Crippen LogP contribution in [0.3, 0.4) is 0 Å². The second kappa shape index (κ2) is 4.41. The molecule has 2 N–H and O–H groups in total. The predicted molar refractivity (Wildman–Crippen MR) is 66.9 cm³/mol. The first-order valence-corrected chi connectivity index (χ1v) is 4.69. The molecule has 2 rings (SSSR count). The lowest BCUT2D eigenvalue weighted by Gasteiger charge is -2.09. The molecule has 80 valence electrons. The monoisotopic (exact) mass is 222 g/mol. The lowest BCUT2D eigenvalue weighted by molar-refractivity contribution is 0.966. The van der Waals surface area contributed by atoms with Crippen molar-refractivity contribution in [1.29, 1.82) is 0 Å². The maximum atomic E-state index is 5.65. The molecule has 0 aliphatic heterocycles. The van der Waals surface area contributed by atoms with E-state index in [0.29, 0.717) is 0 Å². The van der Waals surface area contributed by atoms with Gasteiger partial charge in [-0.05, 0) is 50.2 Å². The van der Waals surface area contributed by atoms with Gasteiger partial charge in [0.1, 0.15) is 0 Å². The zero-order valence-corrected chi connectivity index (χ0v) is 9.71. The molecule has 0 radical (unpaired) electrons. The van der Waals surface area contributed by atoms with Crippen molar-refractivity contribution >= 4 is 18.1 Å². The fourth-order valence-corrected chi connectivity index (χ4v) is 1.70. The molecule has 0 fully saturated rings. The van der Waals surface area contributed by atoms with Gasteiger partial charge in [-0.25, -0.2) is 0 Å². The summed E-state index contributed by atoms with van der Waals surface area (Å²) < 4.78 is 2.21. The summed E-state index contributed by atoms with van der Waals surface area (Å²) in [6.45, 7) is 4.20. The van der Waals surface area contributed by atoms with Crippen LogP contribution in [0.15, 0.2) is 36.4 Å². The van der Waals surface area contributed by atoms with Crippen molar-refractivity contribution in [3.05, 3.63) is 47.8 Å². The first-order chi connectivity index (χ1) is 6.68. The van der Waals surface area contributed by atoms with Gasteiger partial charge in [-0.3, -0.25) is 0 Å². The number of rotatable bonds is 1. The normalized spacial score (nSPS) is 9.73. The third-order valence-corrected chi connectivity index (χ3v) is 2.42. The Hall–Kier alpha value is -1.41. The average Bonchev–Trinajstić information content (AvgIpc) is 2.49. The first kappa shape index (κ1) is 11.7. The summed E-state index contributed by atoms with van der Waals surface area (Å²) in [7, 11) is 0. The highest BCUT2D eigenvalue weighted by Crippen LogP contribution is 2.17. The van der Waals surface area contributed by atoms with Gasteiger partial charge in [0.2, 0.25) is 0 Å². The van der Waals surface area contributed by atoms with E-state index in [1.165, 1.54) is 17.1 Å². The van der Waals surface area contributed by atoms with Crippen LogP contribution in [-0.4, -0.2) is 4.57 Å². The number of hydrogen-bond donors (Lipinski definition) is 1. The molecule has 0 bridgehead atoms. The molecule has 0 aliphatic rings. The highest BCUT2D eigenvalue weighted by molar-refractivity contribution is 5.85. The predicted octanol–water partition coefficient (Wildman–Crippen LogP) is 3.10. The third-order valence-electron chi connectivity index (χ3n) is 2.42. The Labute approximate surface area is 96.1 Å². The second-order valence-corrected chi connectivity index (χ2v) is 3.54. The minimum Gasteiger partial charge on any atom is -0.399 e. The first-order valence-electron chi connectivity index (χ1n) is 4.69. The largest absolute Gasteiger partial charge is 0.399 e. The van der Waals surface area contributed by atoms with Crippen molar-refractivity contribution < 1.29 is 0 Å². The van der Waals surface area contributed by atoms with Crippen LogP contribution in [0, 0.1) is 13.8 Å². The van der Waals surface area contributed by atoms with Crippen molar-refractivity contribution in [3.8, 4) is 5.69 Å². The highest BCUT2D eigenvalue weighted by atomic mass is 35.5. The molecule has 0 aliphatic carbocycles. The van der Waals surface area contributed by atoms with Crippen LogP contribution in [0.25, 0.3) is 5.69 Å². The highest BCUT2D eigenvalue weighted by Gasteiger charge is 2.02. The maximum absolute atomic E-state index is 5.65. The van der Waals surface area contributed by atoms with Crippen LogP contribution in [0.4, 0.5) is 5.69 Å². The summed E-state index contributed by atoms with van der Waals surface area (Å²) in [6, 6.07) is 12.2. The van der Waals surface area contributed by atoms with Crippen molar-refractivity contribution in [3.63, 3.8) is 0 Å². The van der Waals surface area contributed by atoms with Crippen LogP contribution < -0.4 is 5.73 Å². The number of aryl methyl sites for hydroxylation is 2. The molecular formula is C12H15ClN2. The van der Waals surface area contributed by atoms with Gasteiger partial charge in [0.25, 0.3) is 0 Å². The number of nitrogens with two attached hydrogens (primary N) is 1. The van der Waals surface area contributed by atoms with Gasteiger partial charge in [0.15, 0.2) is 0 Å². The fourth-order valence-electron chi connectivity index (χ4n) is 1.70. The van der Waals surface area contributed by atoms with Crippen molar-refractivity contribution in [2.24, 2.45) is 0 Å². The number of benzene rings is 1. The minimum atomic E-state index is 0. The Morgan fingerprint density at radius 2 is 1.33 bits per heavy atom. The van der Waals surface area contributed by atoms with Crippen molar-refractivity contribution in [2.45, 2.75) is 13.8 Å². The minimum absolute atomic E-state index is 0. The van der Waals surface area contributed by atoms with Gasteiger partial charge in [0, 0.05) is 22.8 Å². The third kappa shape index (κ3) is 2.16. The number of nitrogens with zero attached hydrogens (tertiary/aromatic N) is 1. The Kier molecular flexibility index (Phi) is 3.43. The molecule has 0 spiro atoms. The van der Waals surface area contributed by atoms with Crippen LogP contribution in [0.2, 0.25) is 0 Å². The molecule has 2 aromatic rings. The quantitative estimate of drug-likeness (QED) is 0.739. The Morgan fingerprint density at radius 1 is 0.867 bits per heavy atom. The van der Waals surface area contributed by atoms with E-state index in [0.717, 1.165) is 5.69 Å². The summed E-state index contributed by atoms with van der Waals surface area (Å²) in [6.07, 6.45) is 0. The molecule has 2 nitrogen and oxygen atoms in total. The molecule has 0 saturated heterocycles. The van der Waals surface area contributed by atoms with Gasteiger partial charge in [-0.15, -0.1) is 12.4 Å². The lowest BCUT2D eigenvalue weighted by Crippen LogP contribution is -1.98. The molecule has 0 unspecified atom stereocenters. The van der Waals surface area contributed by atoms with Crippen molar-refractivity contribution in [2.75, 3.05) is 5.73 Å². The lowest BCUT2D eigenvalue weighted by atomic mass is 10.2. The van der Waals surface area contributed by atoms with Crippen molar-refractivity contribution in [1.82, 2.24) is 4.57 Å². The number of anilines is 1. The summed E-state index contributed by atoms with van der Waals surface area (Å²) in [5.41, 5.74) is 10.1. The summed E-state index contributed by atoms with van der Waals surface area (Å²) >= 11 is 0. The Morgan fingerprint density at radius 3 is 1.80 bits per heavy atom. The van der Waals surface area contributed by atoms with Crippen LogP contribution in [0.5, 0.6) is 0 Å². The number of halogens is 1. The second-order valence-electron chi connectivity index (χ2n) is 3.54. The molecule has 3 heteroatoms.